The van der Waals surface area contributed by atoms with Crippen LogP contribution in [0, 0.1) is 0 Å². The lowest BCUT2D eigenvalue weighted by atomic mass is 10.3. The Hall–Kier alpha value is -1.40. The molecule has 1 rings (SSSR count). The van der Waals surface area contributed by atoms with Crippen molar-refractivity contribution >= 4 is 21.4 Å². The van der Waals surface area contributed by atoms with Crippen LogP contribution in [0.3, 0.4) is 0 Å². The van der Waals surface area contributed by atoms with Gasteiger partial charge in [-0.1, -0.05) is 0 Å². The molecule has 0 bridgehead atoms. The van der Waals surface area contributed by atoms with E-state index < -0.39 is 15.1 Å². The SMILES string of the molecule is CC(=O)Nc1ccc(S(=O)(=O)C(C)CCN(C)C)cc1. The van der Waals surface area contributed by atoms with Gasteiger partial charge in [0, 0.05) is 12.6 Å². The van der Waals surface area contributed by atoms with Gasteiger partial charge in [-0.25, -0.2) is 8.42 Å². The number of benzene rings is 1. The van der Waals surface area contributed by atoms with Gasteiger partial charge in [-0.2, -0.15) is 0 Å². The Balaban J connectivity index is 2.84. The lowest BCUT2D eigenvalue weighted by molar-refractivity contribution is -0.114. The third-order valence-corrected chi connectivity index (χ3v) is 5.24. The van der Waals surface area contributed by atoms with Crippen molar-refractivity contribution in [3.05, 3.63) is 24.3 Å². The minimum atomic E-state index is -3.32. The van der Waals surface area contributed by atoms with Crippen LogP contribution >= 0.6 is 0 Å². The van der Waals surface area contributed by atoms with Crippen molar-refractivity contribution in [3.8, 4) is 0 Å². The van der Waals surface area contributed by atoms with E-state index in [1.165, 1.54) is 19.1 Å². The van der Waals surface area contributed by atoms with Crippen LogP contribution in [0.5, 0.6) is 0 Å². The van der Waals surface area contributed by atoms with Crippen LogP contribution in [-0.2, 0) is 14.6 Å². The molecule has 1 aromatic rings. The first-order valence-corrected chi connectivity index (χ1v) is 8.04. The molecular formula is C14H22N2O3S. The molecule has 0 aliphatic carbocycles. The quantitative estimate of drug-likeness (QED) is 0.869. The van der Waals surface area contributed by atoms with Gasteiger partial charge in [-0.15, -0.1) is 0 Å². The van der Waals surface area contributed by atoms with Crippen LogP contribution in [0.4, 0.5) is 5.69 Å². The minimum Gasteiger partial charge on any atom is -0.326 e. The average Bonchev–Trinajstić information content (AvgIpc) is 2.35. The first-order chi connectivity index (χ1) is 9.23. The molecule has 112 valence electrons. The van der Waals surface area contributed by atoms with Crippen LogP contribution < -0.4 is 5.32 Å². The maximum absolute atomic E-state index is 12.4. The number of nitrogens with zero attached hydrogens (tertiary/aromatic N) is 1. The molecule has 6 heteroatoms. The van der Waals surface area contributed by atoms with E-state index in [9.17, 15) is 13.2 Å². The van der Waals surface area contributed by atoms with Crippen molar-refractivity contribution in [2.75, 3.05) is 26.0 Å². The first kappa shape index (κ1) is 16.7. The molecule has 1 atom stereocenters. The summed E-state index contributed by atoms with van der Waals surface area (Å²) < 4.78 is 24.7. The normalized spacial score (nSPS) is 13.2. The van der Waals surface area contributed by atoms with E-state index in [2.05, 4.69) is 5.32 Å². The summed E-state index contributed by atoms with van der Waals surface area (Å²) in [7, 11) is 0.517. The predicted octanol–water partition coefficient (Wildman–Crippen LogP) is 1.76. The van der Waals surface area contributed by atoms with Crippen molar-refractivity contribution in [3.63, 3.8) is 0 Å². The van der Waals surface area contributed by atoms with Gasteiger partial charge in [-0.3, -0.25) is 4.79 Å². The summed E-state index contributed by atoms with van der Waals surface area (Å²) in [5.41, 5.74) is 0.595. The molecule has 0 aliphatic rings. The maximum Gasteiger partial charge on any atom is 0.221 e. The maximum atomic E-state index is 12.4. The van der Waals surface area contributed by atoms with Crippen LogP contribution in [0.1, 0.15) is 20.3 Å². The van der Waals surface area contributed by atoms with Gasteiger partial charge in [0.1, 0.15) is 0 Å². The monoisotopic (exact) mass is 298 g/mol. The van der Waals surface area contributed by atoms with Crippen molar-refractivity contribution in [1.82, 2.24) is 4.90 Å². The van der Waals surface area contributed by atoms with E-state index in [-0.39, 0.29) is 10.8 Å². The zero-order valence-corrected chi connectivity index (χ0v) is 13.2. The molecule has 20 heavy (non-hydrogen) atoms. The van der Waals surface area contributed by atoms with Crippen LogP contribution in [0.15, 0.2) is 29.2 Å². The fourth-order valence-electron chi connectivity index (χ4n) is 1.76. The fourth-order valence-corrected chi connectivity index (χ4v) is 3.15. The van der Waals surface area contributed by atoms with E-state index in [0.29, 0.717) is 12.1 Å². The standard InChI is InChI=1S/C14H22N2O3S/c1-11(9-10-16(3)4)20(18,19)14-7-5-13(6-8-14)15-12(2)17/h5-8,11H,9-10H2,1-4H3,(H,15,17). The summed E-state index contributed by atoms with van der Waals surface area (Å²) in [5, 5.41) is 2.18. The van der Waals surface area contributed by atoms with Crippen LogP contribution in [0.25, 0.3) is 0 Å². The molecule has 0 saturated heterocycles. The van der Waals surface area contributed by atoms with E-state index >= 15 is 0 Å². The van der Waals surface area contributed by atoms with Gasteiger partial charge >= 0.3 is 0 Å². The van der Waals surface area contributed by atoms with E-state index in [1.54, 1.807) is 19.1 Å². The van der Waals surface area contributed by atoms with Crippen LogP contribution in [0.2, 0.25) is 0 Å². The average molecular weight is 298 g/mol. The fraction of sp³-hybridized carbons (Fsp3) is 0.500. The Morgan fingerprint density at radius 1 is 1.25 bits per heavy atom. The highest BCUT2D eigenvalue weighted by atomic mass is 32.2. The van der Waals surface area contributed by atoms with Gasteiger partial charge < -0.3 is 10.2 Å². The molecule has 1 aromatic carbocycles. The lowest BCUT2D eigenvalue weighted by Gasteiger charge is -2.16. The number of amides is 1. The Morgan fingerprint density at radius 3 is 2.25 bits per heavy atom. The van der Waals surface area contributed by atoms with Gasteiger partial charge in [0.05, 0.1) is 10.1 Å². The van der Waals surface area contributed by atoms with Gasteiger partial charge in [-0.05, 0) is 58.3 Å². The largest absolute Gasteiger partial charge is 0.326 e. The Bertz CT molecular complexity index is 550. The Kier molecular flexibility index (Phi) is 5.71. The predicted molar refractivity (Wildman–Crippen MR) is 80.6 cm³/mol. The van der Waals surface area contributed by atoms with E-state index in [1.807, 2.05) is 19.0 Å². The Labute approximate surface area is 120 Å². The second-order valence-electron chi connectivity index (χ2n) is 5.15. The van der Waals surface area contributed by atoms with Gasteiger partial charge in [0.2, 0.25) is 5.91 Å². The molecule has 0 aromatic heterocycles. The highest BCUT2D eigenvalue weighted by Gasteiger charge is 2.23. The second-order valence-corrected chi connectivity index (χ2v) is 7.52. The molecule has 0 spiro atoms. The molecule has 5 nitrogen and oxygen atoms in total. The molecule has 1 N–H and O–H groups in total. The number of carbonyl (C=O) groups excluding carboxylic acids is 1. The smallest absolute Gasteiger partial charge is 0.221 e. The van der Waals surface area contributed by atoms with Crippen molar-refractivity contribution in [2.45, 2.75) is 30.4 Å². The summed E-state index contributed by atoms with van der Waals surface area (Å²) in [6.45, 7) is 3.86. The third-order valence-electron chi connectivity index (χ3n) is 3.02. The number of nitrogens with one attached hydrogen (secondary N) is 1. The molecule has 0 aliphatic heterocycles. The zero-order chi connectivity index (χ0) is 15.3. The second kappa shape index (κ2) is 6.85. The van der Waals surface area contributed by atoms with Crippen molar-refractivity contribution < 1.29 is 13.2 Å². The highest BCUT2D eigenvalue weighted by molar-refractivity contribution is 7.92. The summed E-state index contributed by atoms with van der Waals surface area (Å²) in [6.07, 6.45) is 0.586. The summed E-state index contributed by atoms with van der Waals surface area (Å²) >= 11 is 0. The minimum absolute atomic E-state index is 0.181. The number of hydrogen-bond donors (Lipinski definition) is 1. The summed E-state index contributed by atoms with van der Waals surface area (Å²) in [6, 6.07) is 6.28. The molecule has 1 unspecified atom stereocenters. The lowest BCUT2D eigenvalue weighted by Crippen LogP contribution is -2.24. The highest BCUT2D eigenvalue weighted by Crippen LogP contribution is 2.20. The first-order valence-electron chi connectivity index (χ1n) is 6.49. The molecular weight excluding hydrogens is 276 g/mol. The molecule has 0 fully saturated rings. The van der Waals surface area contributed by atoms with Crippen molar-refractivity contribution in [2.24, 2.45) is 0 Å². The molecule has 0 heterocycles. The summed E-state index contributed by atoms with van der Waals surface area (Å²) in [5.74, 6) is -0.181. The molecule has 0 radical (unpaired) electrons. The third kappa shape index (κ3) is 4.61. The van der Waals surface area contributed by atoms with Crippen LogP contribution in [-0.4, -0.2) is 45.1 Å². The number of hydrogen-bond acceptors (Lipinski definition) is 4. The number of rotatable bonds is 6. The summed E-state index contributed by atoms with van der Waals surface area (Å²) in [4.78, 5) is 13.2. The number of carbonyl (C=O) groups is 1. The van der Waals surface area contributed by atoms with E-state index in [0.717, 1.165) is 6.54 Å². The molecule has 0 saturated carbocycles. The Morgan fingerprint density at radius 2 is 1.80 bits per heavy atom. The van der Waals surface area contributed by atoms with Crippen molar-refractivity contribution in [1.29, 1.82) is 0 Å². The number of sulfone groups is 1. The zero-order valence-electron chi connectivity index (χ0n) is 12.4. The van der Waals surface area contributed by atoms with Gasteiger partial charge in [0.25, 0.3) is 0 Å². The number of anilines is 1. The van der Waals surface area contributed by atoms with Gasteiger partial charge in [0.15, 0.2) is 9.84 Å². The molecule has 1 amide bonds. The van der Waals surface area contributed by atoms with E-state index in [4.69, 9.17) is 0 Å². The topological polar surface area (TPSA) is 66.5 Å².